The molecule has 100 valence electrons. The smallest absolute Gasteiger partial charge is 0.146 e. The SMILES string of the molecule is CCN(CC1(C)CCCC1N)c1ccccc1F. The largest absolute Gasteiger partial charge is 0.369 e. The highest BCUT2D eigenvalue weighted by Crippen LogP contribution is 2.38. The zero-order chi connectivity index (χ0) is 13.2. The highest BCUT2D eigenvalue weighted by molar-refractivity contribution is 5.47. The summed E-state index contributed by atoms with van der Waals surface area (Å²) in [4.78, 5) is 2.11. The van der Waals surface area contributed by atoms with Crippen LogP contribution in [0.25, 0.3) is 0 Å². The van der Waals surface area contributed by atoms with E-state index in [2.05, 4.69) is 18.7 Å². The maximum absolute atomic E-state index is 13.8. The summed E-state index contributed by atoms with van der Waals surface area (Å²) in [5.41, 5.74) is 7.02. The number of para-hydroxylation sites is 1. The molecule has 1 saturated carbocycles. The second-order valence-electron chi connectivity index (χ2n) is 5.62. The minimum absolute atomic E-state index is 0.109. The zero-order valence-corrected chi connectivity index (χ0v) is 11.3. The molecule has 2 N–H and O–H groups in total. The van der Waals surface area contributed by atoms with Gasteiger partial charge in [0, 0.05) is 24.5 Å². The van der Waals surface area contributed by atoms with Crippen LogP contribution in [-0.4, -0.2) is 19.1 Å². The third kappa shape index (κ3) is 2.51. The first-order chi connectivity index (χ1) is 8.57. The highest BCUT2D eigenvalue weighted by Gasteiger charge is 2.37. The Labute approximate surface area is 109 Å². The van der Waals surface area contributed by atoms with Crippen LogP contribution < -0.4 is 10.6 Å². The number of benzene rings is 1. The van der Waals surface area contributed by atoms with Crippen LogP contribution in [-0.2, 0) is 0 Å². The van der Waals surface area contributed by atoms with Crippen LogP contribution >= 0.6 is 0 Å². The van der Waals surface area contributed by atoms with Gasteiger partial charge in [0.05, 0.1) is 5.69 Å². The summed E-state index contributed by atoms with van der Waals surface area (Å²) in [6.45, 7) is 5.94. The van der Waals surface area contributed by atoms with Gasteiger partial charge in [0.15, 0.2) is 0 Å². The third-order valence-electron chi connectivity index (χ3n) is 4.29. The van der Waals surface area contributed by atoms with Crippen molar-refractivity contribution in [3.05, 3.63) is 30.1 Å². The lowest BCUT2D eigenvalue weighted by Gasteiger charge is -2.36. The van der Waals surface area contributed by atoms with Crippen LogP contribution in [0.4, 0.5) is 10.1 Å². The summed E-state index contributed by atoms with van der Waals surface area (Å²) >= 11 is 0. The quantitative estimate of drug-likeness (QED) is 0.889. The Hall–Kier alpha value is -1.09. The van der Waals surface area contributed by atoms with Crippen molar-refractivity contribution in [1.29, 1.82) is 0 Å². The van der Waals surface area contributed by atoms with E-state index < -0.39 is 0 Å². The molecule has 0 aromatic heterocycles. The summed E-state index contributed by atoms with van der Waals surface area (Å²) in [6, 6.07) is 7.23. The summed E-state index contributed by atoms with van der Waals surface area (Å²) in [5, 5.41) is 0. The first-order valence-corrected chi connectivity index (χ1v) is 6.82. The van der Waals surface area contributed by atoms with E-state index >= 15 is 0 Å². The van der Waals surface area contributed by atoms with Crippen molar-refractivity contribution in [2.24, 2.45) is 11.1 Å². The number of nitrogens with two attached hydrogens (primary N) is 1. The lowest BCUT2D eigenvalue weighted by Crippen LogP contribution is -2.44. The van der Waals surface area contributed by atoms with Gasteiger partial charge in [0.25, 0.3) is 0 Å². The lowest BCUT2D eigenvalue weighted by molar-refractivity contribution is 0.297. The van der Waals surface area contributed by atoms with Crippen LogP contribution in [0.15, 0.2) is 24.3 Å². The molecule has 0 bridgehead atoms. The molecule has 3 heteroatoms. The Balaban J connectivity index is 2.18. The Morgan fingerprint density at radius 3 is 2.72 bits per heavy atom. The Bertz CT molecular complexity index is 407. The minimum Gasteiger partial charge on any atom is -0.369 e. The monoisotopic (exact) mass is 250 g/mol. The van der Waals surface area contributed by atoms with E-state index in [0.29, 0.717) is 5.69 Å². The molecular weight excluding hydrogens is 227 g/mol. The minimum atomic E-state index is -0.144. The molecule has 0 amide bonds. The summed E-state index contributed by atoms with van der Waals surface area (Å²) in [6.07, 6.45) is 3.41. The van der Waals surface area contributed by atoms with Gasteiger partial charge in [0.1, 0.15) is 5.82 Å². The standard InChI is InChI=1S/C15H23FN2/c1-3-18(13-8-5-4-7-12(13)16)11-15(2)10-6-9-14(15)17/h4-5,7-8,14H,3,6,9-11,17H2,1-2H3. The van der Waals surface area contributed by atoms with E-state index in [9.17, 15) is 4.39 Å². The van der Waals surface area contributed by atoms with Crippen LogP contribution in [0, 0.1) is 11.2 Å². The Morgan fingerprint density at radius 2 is 2.17 bits per heavy atom. The highest BCUT2D eigenvalue weighted by atomic mass is 19.1. The van der Waals surface area contributed by atoms with Crippen molar-refractivity contribution >= 4 is 5.69 Å². The van der Waals surface area contributed by atoms with E-state index in [1.807, 2.05) is 12.1 Å². The second-order valence-corrected chi connectivity index (χ2v) is 5.62. The van der Waals surface area contributed by atoms with Gasteiger partial charge in [-0.15, -0.1) is 0 Å². The van der Waals surface area contributed by atoms with Crippen molar-refractivity contribution in [1.82, 2.24) is 0 Å². The molecule has 1 fully saturated rings. The summed E-state index contributed by atoms with van der Waals surface area (Å²) < 4.78 is 13.8. The first kappa shape index (κ1) is 13.3. The van der Waals surface area contributed by atoms with Crippen molar-refractivity contribution < 1.29 is 4.39 Å². The van der Waals surface area contributed by atoms with Gasteiger partial charge in [-0.05, 0) is 31.9 Å². The van der Waals surface area contributed by atoms with Crippen molar-refractivity contribution in [3.8, 4) is 0 Å². The molecular formula is C15H23FN2. The summed E-state index contributed by atoms with van der Waals surface area (Å²) in [7, 11) is 0. The molecule has 0 aliphatic heterocycles. The molecule has 2 atom stereocenters. The molecule has 0 heterocycles. The van der Waals surface area contributed by atoms with E-state index in [1.54, 1.807) is 6.07 Å². The predicted octanol–water partition coefficient (Wildman–Crippen LogP) is 3.17. The normalized spacial score (nSPS) is 27.4. The molecule has 18 heavy (non-hydrogen) atoms. The fourth-order valence-corrected chi connectivity index (χ4v) is 2.97. The summed E-state index contributed by atoms with van der Waals surface area (Å²) in [5.74, 6) is -0.144. The van der Waals surface area contributed by atoms with Gasteiger partial charge in [-0.2, -0.15) is 0 Å². The van der Waals surface area contributed by atoms with Gasteiger partial charge >= 0.3 is 0 Å². The van der Waals surface area contributed by atoms with Crippen LogP contribution in [0.1, 0.15) is 33.1 Å². The number of nitrogens with zero attached hydrogens (tertiary/aromatic N) is 1. The van der Waals surface area contributed by atoms with Gasteiger partial charge in [0.2, 0.25) is 0 Å². The lowest BCUT2D eigenvalue weighted by atomic mass is 9.84. The predicted molar refractivity (Wildman–Crippen MR) is 74.2 cm³/mol. The fourth-order valence-electron chi connectivity index (χ4n) is 2.97. The maximum Gasteiger partial charge on any atom is 0.146 e. The number of anilines is 1. The fraction of sp³-hybridized carbons (Fsp3) is 0.600. The molecule has 2 nitrogen and oxygen atoms in total. The molecule has 2 unspecified atom stereocenters. The van der Waals surface area contributed by atoms with E-state index in [4.69, 9.17) is 5.73 Å². The van der Waals surface area contributed by atoms with Crippen LogP contribution in [0.3, 0.4) is 0 Å². The molecule has 1 aliphatic carbocycles. The molecule has 1 aliphatic rings. The van der Waals surface area contributed by atoms with Gasteiger partial charge in [-0.25, -0.2) is 4.39 Å². The molecule has 2 rings (SSSR count). The molecule has 1 aromatic rings. The third-order valence-corrected chi connectivity index (χ3v) is 4.29. The second kappa shape index (κ2) is 5.27. The average molecular weight is 250 g/mol. The Morgan fingerprint density at radius 1 is 1.44 bits per heavy atom. The molecule has 0 radical (unpaired) electrons. The number of hydrogen-bond donors (Lipinski definition) is 1. The average Bonchev–Trinajstić information content (AvgIpc) is 2.68. The van der Waals surface area contributed by atoms with Gasteiger partial charge < -0.3 is 10.6 Å². The maximum atomic E-state index is 13.8. The van der Waals surface area contributed by atoms with Gasteiger partial charge in [-0.3, -0.25) is 0 Å². The van der Waals surface area contributed by atoms with E-state index in [1.165, 1.54) is 12.5 Å². The van der Waals surface area contributed by atoms with E-state index in [0.717, 1.165) is 25.9 Å². The van der Waals surface area contributed by atoms with Gasteiger partial charge in [-0.1, -0.05) is 25.5 Å². The number of halogens is 1. The first-order valence-electron chi connectivity index (χ1n) is 6.82. The number of rotatable bonds is 4. The molecule has 1 aromatic carbocycles. The van der Waals surface area contributed by atoms with Crippen LogP contribution in [0.2, 0.25) is 0 Å². The Kier molecular flexibility index (Phi) is 3.91. The van der Waals surface area contributed by atoms with Crippen molar-refractivity contribution in [2.75, 3.05) is 18.0 Å². The topological polar surface area (TPSA) is 29.3 Å². The van der Waals surface area contributed by atoms with Crippen LogP contribution in [0.5, 0.6) is 0 Å². The van der Waals surface area contributed by atoms with E-state index in [-0.39, 0.29) is 17.3 Å². The number of hydrogen-bond acceptors (Lipinski definition) is 2. The molecule has 0 saturated heterocycles. The van der Waals surface area contributed by atoms with Crippen molar-refractivity contribution in [2.45, 2.75) is 39.2 Å². The molecule has 0 spiro atoms. The zero-order valence-electron chi connectivity index (χ0n) is 11.3. The van der Waals surface area contributed by atoms with Crippen molar-refractivity contribution in [3.63, 3.8) is 0 Å².